The van der Waals surface area contributed by atoms with Crippen LogP contribution in [0, 0.1) is 7.43 Å². The molecule has 2 N–H and O–H groups in total. The molecule has 17 heteroatoms. The third kappa shape index (κ3) is 23.2. The summed E-state index contributed by atoms with van der Waals surface area (Å²) in [6.45, 7) is 15.3. The van der Waals surface area contributed by atoms with Crippen LogP contribution in [0.1, 0.15) is 161 Å². The number of ether oxygens (including phenoxy) is 2. The van der Waals surface area contributed by atoms with Gasteiger partial charge in [-0.05, 0) is 187 Å². The van der Waals surface area contributed by atoms with Gasteiger partial charge in [0.2, 0.25) is 5.36 Å². The molecular formula is C84H107N7O5PdS4. The van der Waals surface area contributed by atoms with E-state index in [1.165, 1.54) is 136 Å². The average molecular weight is 1530 g/mol. The van der Waals surface area contributed by atoms with Crippen LogP contribution in [0.3, 0.4) is 0 Å². The number of hydrogen-bond acceptors (Lipinski definition) is 14. The van der Waals surface area contributed by atoms with Crippen molar-refractivity contribution in [3.63, 3.8) is 0 Å². The molecule has 7 aliphatic rings. The molecule has 0 aromatic heterocycles. The Balaban J connectivity index is 0.000000183. The predicted molar refractivity (Wildman–Crippen MR) is 431 cm³/mol. The normalized spacial score (nSPS) is 13.1. The Hall–Kier alpha value is -6.65. The van der Waals surface area contributed by atoms with E-state index in [0.717, 1.165) is 110 Å². The van der Waals surface area contributed by atoms with Crippen molar-refractivity contribution in [1.29, 1.82) is 0 Å². The van der Waals surface area contributed by atoms with Crippen molar-refractivity contribution < 1.29 is 39.8 Å². The largest absolute Gasteiger partial charge is 0.443 e. The van der Waals surface area contributed by atoms with Gasteiger partial charge in [-0.1, -0.05) is 139 Å². The van der Waals surface area contributed by atoms with Crippen molar-refractivity contribution in [3.8, 4) is 21.1 Å². The van der Waals surface area contributed by atoms with Crippen molar-refractivity contribution in [2.24, 2.45) is 0 Å². The van der Waals surface area contributed by atoms with Gasteiger partial charge in [-0.25, -0.2) is 24.2 Å². The van der Waals surface area contributed by atoms with Crippen molar-refractivity contribution in [3.05, 3.63) is 191 Å². The molecule has 5 heterocycles. The van der Waals surface area contributed by atoms with Gasteiger partial charge in [0.1, 0.15) is 19.7 Å². The number of unbranched alkanes of at least 4 members (excludes halogenated alkanes) is 8. The second-order valence-electron chi connectivity index (χ2n) is 27.3. The van der Waals surface area contributed by atoms with E-state index < -0.39 is 11.9 Å². The minimum Gasteiger partial charge on any atom is -0.443 e. The molecular weight excluding hydrogens is 1420 g/mol. The van der Waals surface area contributed by atoms with Gasteiger partial charge in [-0.2, -0.15) is 0 Å². The Morgan fingerprint density at radius 3 is 1.62 bits per heavy atom. The minimum absolute atomic E-state index is 0. The minimum atomic E-state index is -0.532. The first kappa shape index (κ1) is 81.6. The summed E-state index contributed by atoms with van der Waals surface area (Å²) in [7, 11) is 12.5. The summed E-state index contributed by atoms with van der Waals surface area (Å²) in [6.07, 6.45) is 19.9. The number of carbonyl (C=O) groups is 1. The van der Waals surface area contributed by atoms with E-state index >= 15 is 0 Å². The molecule has 6 aromatic rings. The van der Waals surface area contributed by atoms with Crippen LogP contribution in [0.2, 0.25) is 0 Å². The number of amides is 1. The molecule has 2 aliphatic carbocycles. The van der Waals surface area contributed by atoms with Crippen LogP contribution >= 0.6 is 46.2 Å². The van der Waals surface area contributed by atoms with Crippen LogP contribution < -0.4 is 35.4 Å². The molecule has 1 unspecified atom stereocenters. The maximum absolute atomic E-state index is 13.0. The fourth-order valence-electron chi connectivity index (χ4n) is 11.9. The molecule has 5 aliphatic heterocycles. The van der Waals surface area contributed by atoms with Crippen molar-refractivity contribution in [2.45, 2.75) is 196 Å². The van der Waals surface area contributed by atoms with Gasteiger partial charge in [0, 0.05) is 116 Å². The summed E-state index contributed by atoms with van der Waals surface area (Å²) < 4.78 is 15.0. The zero-order chi connectivity index (χ0) is 70.6. The number of rotatable bonds is 18. The van der Waals surface area contributed by atoms with Crippen LogP contribution in [0.5, 0.6) is 0 Å². The Kier molecular flexibility index (Phi) is 32.2. The molecule has 0 saturated carbocycles. The number of aromatic nitrogens is 2. The summed E-state index contributed by atoms with van der Waals surface area (Å²) in [4.78, 5) is 48.0. The first-order chi connectivity index (χ1) is 47.7. The molecule has 1 fully saturated rings. The zero-order valence-electron chi connectivity index (χ0n) is 62.1. The van der Waals surface area contributed by atoms with Gasteiger partial charge in [-0.3, -0.25) is 4.79 Å². The van der Waals surface area contributed by atoms with E-state index in [2.05, 4.69) is 191 Å². The summed E-state index contributed by atoms with van der Waals surface area (Å²) in [6, 6.07) is 51.0. The number of anilines is 6. The number of benzene rings is 8. The maximum Gasteiger partial charge on any atom is 0.419 e. The van der Waals surface area contributed by atoms with E-state index in [4.69, 9.17) is 24.5 Å². The van der Waals surface area contributed by atoms with Crippen molar-refractivity contribution in [2.75, 3.05) is 68.9 Å². The second-order valence-corrected chi connectivity index (χ2v) is 31.7. The smallest absolute Gasteiger partial charge is 0.419 e. The zero-order valence-corrected chi connectivity index (χ0v) is 66.9. The van der Waals surface area contributed by atoms with Gasteiger partial charge >= 0.3 is 6.09 Å². The Morgan fingerprint density at radius 1 is 0.594 bits per heavy atom. The molecule has 12 nitrogen and oxygen atoms in total. The first-order valence-corrected chi connectivity index (χ1v) is 39.0. The number of aliphatic hydroxyl groups is 1. The molecule has 0 bridgehead atoms. The van der Waals surface area contributed by atoms with Gasteiger partial charge in [0.15, 0.2) is 11.7 Å². The van der Waals surface area contributed by atoms with E-state index in [9.17, 15) is 9.59 Å². The van der Waals surface area contributed by atoms with Crippen LogP contribution in [0.25, 0.3) is 41.6 Å². The van der Waals surface area contributed by atoms with Crippen LogP contribution in [0.4, 0.5) is 38.9 Å². The number of carbonyl (C=O) groups excluding carboxylic acids is 1. The summed E-state index contributed by atoms with van der Waals surface area (Å²) in [5, 5.41) is 13.4. The topological polar surface area (TPSA) is 123 Å². The average Bonchev–Trinajstić information content (AvgIpc) is 0.893. The molecule has 0 spiro atoms. The predicted octanol–water partition coefficient (Wildman–Crippen LogP) is 21.9. The third-order valence-corrected chi connectivity index (χ3v) is 21.8. The number of hydrogen-bond donors (Lipinski definition) is 2. The fourth-order valence-corrected chi connectivity index (χ4v) is 15.9. The molecule has 1 atom stereocenters. The molecule has 6 aromatic carbocycles. The number of para-hydroxylation sites is 2. The molecule has 1 amide bonds. The van der Waals surface area contributed by atoms with E-state index in [0.29, 0.717) is 0 Å². The Labute approximate surface area is 632 Å². The van der Waals surface area contributed by atoms with Crippen LogP contribution in [-0.2, 0) is 55.6 Å². The third-order valence-electron chi connectivity index (χ3n) is 17.4. The van der Waals surface area contributed by atoms with Crippen molar-refractivity contribution in [1.82, 2.24) is 14.5 Å². The number of nitrogens with one attached hydrogen (secondary N) is 1. The number of nitrogens with zero attached hydrogens (tertiary/aromatic N) is 6. The number of aliphatic hydroxyl groups excluding tert-OH is 1. The quantitative estimate of drug-likeness (QED) is 0.0279. The maximum atomic E-state index is 13.0. The Bertz CT molecular complexity index is 4370. The van der Waals surface area contributed by atoms with Crippen LogP contribution in [-0.4, -0.2) is 82.0 Å². The summed E-state index contributed by atoms with van der Waals surface area (Å²) in [5.74, 6) is 0. The standard InChI is InChI=1S/C22H27NO2S.C21H28N3S.C19H22N2OS.C17H19NS.C4H8O2.CH3.Pd/c1-5-6-7-10-16-13-14-20-18(15-16)23(21(24)25-22(2,3)4)17-11-8-9-12-19(17)26-20;1-6-7-8-9-15-12-18-21(14-19(15)24(4)5)25-20-13-16(23(2)3)10-11-17(20)22-18;1-4-5-6-7-13-10-16-19(12-17(13)22)23-18-11-14(21(2)3)8-9-15(18)20-16;1-2-3-4-7-13-10-11-17-15(12-13)18-14-8-5-6-9-16(14)19-17;5-4-2-1-3-6-4;;/h8-9,11-15H,5-7,10H2,1-4H3;10-14H,6-9H2,1-5H3;8-12H,4-7H2,1-3H3;5-6,8-12,18H,2-4,7H2,1H3;4-5H,1-3H2;1H3;/q;+1;;;;-1;. The van der Waals surface area contributed by atoms with Gasteiger partial charge < -0.3 is 37.1 Å². The first-order valence-electron chi connectivity index (χ1n) is 35.7. The SMILES string of the molecule is CCCCCc1cc2nc3ccc(N(C)C)cc3sc-2cc1=O.CCCCCc1cc2nc3ccc(N(C)C)cc3sc-2cc1=[N+](C)C.CCCCCc1ccc2c(c1)N(C(=O)OC(C)(C)C)c1ccccc1S2.CCCCCc1ccc2c(c1)Nc1ccccc1S2.OC1CCCO1.[CH3-].[Pd]. The Morgan fingerprint density at radius 2 is 1.09 bits per heavy atom. The summed E-state index contributed by atoms with van der Waals surface area (Å²) in [5.41, 5.74) is 15.4. The summed E-state index contributed by atoms with van der Waals surface area (Å²) >= 11 is 7.05. The van der Waals surface area contributed by atoms with Crippen LogP contribution in [0.15, 0.2) is 170 Å². The van der Waals surface area contributed by atoms with E-state index in [1.54, 1.807) is 34.1 Å². The molecule has 101 heavy (non-hydrogen) atoms. The molecule has 542 valence electrons. The van der Waals surface area contributed by atoms with E-state index in [1.807, 2.05) is 82.2 Å². The van der Waals surface area contributed by atoms with E-state index in [-0.39, 0.29) is 39.4 Å². The fraction of sp³-hybridized carbons (Fsp3) is 0.405. The van der Waals surface area contributed by atoms with Crippen molar-refractivity contribution >= 4 is 107 Å². The molecule has 0 radical (unpaired) electrons. The monoisotopic (exact) mass is 1530 g/mol. The van der Waals surface area contributed by atoms with Gasteiger partial charge in [0.05, 0.1) is 64.3 Å². The molecule has 13 rings (SSSR count). The second kappa shape index (κ2) is 39.8. The number of aryl methyl sites for hydroxylation is 4. The molecule has 1 saturated heterocycles. The number of fused-ring (bicyclic) bond motifs is 8. The van der Waals surface area contributed by atoms with Gasteiger partial charge in [0.25, 0.3) is 0 Å². The van der Waals surface area contributed by atoms with Gasteiger partial charge in [-0.15, -0.1) is 22.7 Å².